The van der Waals surface area contributed by atoms with Gasteiger partial charge in [-0.15, -0.1) is 0 Å². The lowest BCUT2D eigenvalue weighted by Crippen LogP contribution is -2.46. The molecule has 0 atom stereocenters. The van der Waals surface area contributed by atoms with E-state index in [1.165, 1.54) is 36.0 Å². The van der Waals surface area contributed by atoms with Crippen LogP contribution in [0.25, 0.3) is 0 Å². The Morgan fingerprint density at radius 2 is 1.60 bits per heavy atom. The third-order valence-electron chi connectivity index (χ3n) is 5.97. The van der Waals surface area contributed by atoms with Crippen molar-refractivity contribution >= 4 is 5.96 Å². The topological polar surface area (TPSA) is 54.9 Å². The minimum absolute atomic E-state index is 0.370. The quantitative estimate of drug-likeness (QED) is 0.430. The lowest BCUT2D eigenvalue weighted by atomic mass is 9.67. The second-order valence-corrected chi connectivity index (χ2v) is 8.17. The van der Waals surface area contributed by atoms with Gasteiger partial charge in [-0.05, 0) is 41.4 Å². The molecule has 2 aromatic rings. The Balaban J connectivity index is 1.39. The molecule has 0 saturated heterocycles. The Hall–Kier alpha value is -2.37. The fraction of sp³-hybridized carbons (Fsp3) is 0.480. The summed E-state index contributed by atoms with van der Waals surface area (Å²) in [6.07, 6.45) is 4.97. The van der Waals surface area contributed by atoms with E-state index in [4.69, 9.17) is 9.47 Å². The molecule has 2 N–H and O–H groups in total. The molecule has 1 aliphatic carbocycles. The van der Waals surface area contributed by atoms with Crippen molar-refractivity contribution in [2.75, 3.05) is 27.3 Å². The molecule has 1 fully saturated rings. The lowest BCUT2D eigenvalue weighted by molar-refractivity contribution is 0.0732. The minimum Gasteiger partial charge on any atom is -0.385 e. The van der Waals surface area contributed by atoms with Gasteiger partial charge in [-0.1, -0.05) is 61.0 Å². The molecule has 1 saturated carbocycles. The molecule has 0 aromatic heterocycles. The van der Waals surface area contributed by atoms with Crippen LogP contribution in [0.3, 0.4) is 0 Å². The van der Waals surface area contributed by atoms with E-state index in [0.29, 0.717) is 18.6 Å². The van der Waals surface area contributed by atoms with E-state index in [-0.39, 0.29) is 0 Å². The number of ether oxygens (including phenoxy) is 2. The highest BCUT2D eigenvalue weighted by Crippen LogP contribution is 2.43. The van der Waals surface area contributed by atoms with Gasteiger partial charge in [-0.2, -0.15) is 0 Å². The predicted octanol–water partition coefficient (Wildman–Crippen LogP) is 4.28. The molecule has 162 valence electrons. The van der Waals surface area contributed by atoms with Crippen molar-refractivity contribution in [3.8, 4) is 0 Å². The van der Waals surface area contributed by atoms with E-state index in [1.807, 2.05) is 25.2 Å². The molecule has 0 bridgehead atoms. The normalized spacial score (nSPS) is 15.5. The Morgan fingerprint density at radius 1 is 0.933 bits per heavy atom. The summed E-state index contributed by atoms with van der Waals surface area (Å²) in [5.74, 6) is 0.856. The SMILES string of the molecule is CN=C(NCc1ccc(COCc2ccccc2)cc1)NCC1(CCOC)CCC1. The van der Waals surface area contributed by atoms with Gasteiger partial charge in [0.15, 0.2) is 5.96 Å². The number of hydrogen-bond donors (Lipinski definition) is 2. The van der Waals surface area contributed by atoms with Crippen LogP contribution in [-0.4, -0.2) is 33.3 Å². The molecule has 2 aromatic carbocycles. The Labute approximate surface area is 180 Å². The summed E-state index contributed by atoms with van der Waals surface area (Å²) >= 11 is 0. The Bertz CT molecular complexity index is 771. The number of nitrogens with zero attached hydrogens (tertiary/aromatic N) is 1. The van der Waals surface area contributed by atoms with Crippen molar-refractivity contribution in [3.05, 3.63) is 71.3 Å². The summed E-state index contributed by atoms with van der Waals surface area (Å²) in [6, 6.07) is 18.8. The van der Waals surface area contributed by atoms with Gasteiger partial charge in [0.25, 0.3) is 0 Å². The number of aliphatic imine (C=N–C) groups is 1. The summed E-state index contributed by atoms with van der Waals surface area (Å²) in [4.78, 5) is 4.37. The highest BCUT2D eigenvalue weighted by atomic mass is 16.5. The summed E-state index contributed by atoms with van der Waals surface area (Å²) in [5, 5.41) is 6.93. The zero-order valence-electron chi connectivity index (χ0n) is 18.3. The summed E-state index contributed by atoms with van der Waals surface area (Å²) in [6.45, 7) is 3.78. The highest BCUT2D eigenvalue weighted by molar-refractivity contribution is 5.79. The molecule has 0 unspecified atom stereocenters. The standard InChI is InChI=1S/C25H35N3O2/c1-26-24(28-20-25(13-6-14-25)15-16-29-2)27-17-21-9-11-23(12-10-21)19-30-18-22-7-4-3-5-8-22/h3-5,7-12H,6,13-20H2,1-2H3,(H2,26,27,28). The molecular weight excluding hydrogens is 374 g/mol. The Kier molecular flexibility index (Phi) is 8.72. The van der Waals surface area contributed by atoms with Gasteiger partial charge < -0.3 is 20.1 Å². The predicted molar refractivity (Wildman–Crippen MR) is 122 cm³/mol. The number of nitrogens with one attached hydrogen (secondary N) is 2. The molecule has 1 aliphatic rings. The van der Waals surface area contributed by atoms with Crippen molar-refractivity contribution in [3.63, 3.8) is 0 Å². The van der Waals surface area contributed by atoms with Crippen LogP contribution in [0, 0.1) is 5.41 Å². The van der Waals surface area contributed by atoms with Crippen molar-refractivity contribution in [1.29, 1.82) is 0 Å². The first-order valence-corrected chi connectivity index (χ1v) is 10.9. The monoisotopic (exact) mass is 409 g/mol. The van der Waals surface area contributed by atoms with Gasteiger partial charge in [0, 0.05) is 33.9 Å². The fourth-order valence-electron chi connectivity index (χ4n) is 3.80. The molecule has 5 heteroatoms. The first-order chi connectivity index (χ1) is 14.7. The molecule has 30 heavy (non-hydrogen) atoms. The molecule has 0 amide bonds. The van der Waals surface area contributed by atoms with Gasteiger partial charge in [-0.3, -0.25) is 4.99 Å². The number of rotatable bonds is 11. The number of guanidine groups is 1. The van der Waals surface area contributed by atoms with Crippen LogP contribution in [0.4, 0.5) is 0 Å². The van der Waals surface area contributed by atoms with Crippen molar-refractivity contribution in [2.45, 2.75) is 45.4 Å². The summed E-state index contributed by atoms with van der Waals surface area (Å²) < 4.78 is 11.1. The second kappa shape index (κ2) is 11.7. The van der Waals surface area contributed by atoms with E-state index in [2.05, 4.69) is 52.0 Å². The van der Waals surface area contributed by atoms with E-state index < -0.39 is 0 Å². The molecule has 0 heterocycles. The maximum atomic E-state index is 5.82. The highest BCUT2D eigenvalue weighted by Gasteiger charge is 2.36. The summed E-state index contributed by atoms with van der Waals surface area (Å²) in [5.41, 5.74) is 3.97. The van der Waals surface area contributed by atoms with E-state index in [0.717, 1.165) is 32.1 Å². The third-order valence-corrected chi connectivity index (χ3v) is 5.97. The fourth-order valence-corrected chi connectivity index (χ4v) is 3.80. The van der Waals surface area contributed by atoms with Gasteiger partial charge >= 0.3 is 0 Å². The van der Waals surface area contributed by atoms with Gasteiger partial charge in [0.05, 0.1) is 13.2 Å². The van der Waals surface area contributed by atoms with Crippen molar-refractivity contribution in [2.24, 2.45) is 10.4 Å². The van der Waals surface area contributed by atoms with Crippen molar-refractivity contribution < 1.29 is 9.47 Å². The Morgan fingerprint density at radius 3 is 2.20 bits per heavy atom. The molecule has 0 spiro atoms. The number of hydrogen-bond acceptors (Lipinski definition) is 3. The maximum Gasteiger partial charge on any atom is 0.191 e. The van der Waals surface area contributed by atoms with Crippen LogP contribution in [0.15, 0.2) is 59.6 Å². The molecule has 5 nitrogen and oxygen atoms in total. The first-order valence-electron chi connectivity index (χ1n) is 10.9. The molecule has 0 radical (unpaired) electrons. The van der Waals surface area contributed by atoms with E-state index >= 15 is 0 Å². The summed E-state index contributed by atoms with van der Waals surface area (Å²) in [7, 11) is 3.60. The zero-order chi connectivity index (χ0) is 21.1. The maximum absolute atomic E-state index is 5.82. The van der Waals surface area contributed by atoms with Crippen LogP contribution in [0.2, 0.25) is 0 Å². The van der Waals surface area contributed by atoms with Crippen LogP contribution >= 0.6 is 0 Å². The average Bonchev–Trinajstić information content (AvgIpc) is 2.76. The van der Waals surface area contributed by atoms with Gasteiger partial charge in [0.1, 0.15) is 0 Å². The largest absolute Gasteiger partial charge is 0.385 e. The van der Waals surface area contributed by atoms with Gasteiger partial charge in [0.2, 0.25) is 0 Å². The van der Waals surface area contributed by atoms with Crippen LogP contribution in [0.1, 0.15) is 42.4 Å². The van der Waals surface area contributed by atoms with Crippen molar-refractivity contribution in [1.82, 2.24) is 10.6 Å². The first kappa shape index (κ1) is 22.3. The van der Waals surface area contributed by atoms with Crippen LogP contribution < -0.4 is 10.6 Å². The smallest absolute Gasteiger partial charge is 0.191 e. The minimum atomic E-state index is 0.370. The zero-order valence-corrected chi connectivity index (χ0v) is 18.3. The van der Waals surface area contributed by atoms with E-state index in [9.17, 15) is 0 Å². The van der Waals surface area contributed by atoms with Crippen LogP contribution in [-0.2, 0) is 29.2 Å². The number of benzene rings is 2. The lowest BCUT2D eigenvalue weighted by Gasteiger charge is -2.42. The number of methoxy groups -OCH3 is 1. The van der Waals surface area contributed by atoms with Crippen LogP contribution in [0.5, 0.6) is 0 Å². The van der Waals surface area contributed by atoms with Gasteiger partial charge in [-0.25, -0.2) is 0 Å². The molecule has 0 aliphatic heterocycles. The molecular formula is C25H35N3O2. The third kappa shape index (κ3) is 6.85. The molecule has 3 rings (SSSR count). The van der Waals surface area contributed by atoms with E-state index in [1.54, 1.807) is 7.11 Å². The average molecular weight is 410 g/mol. The second-order valence-electron chi connectivity index (χ2n) is 8.17.